The molecule has 6 nitrogen and oxygen atoms in total. The standard InChI is InChI=1S/C26H26BrN3O3S/c1-6-33-25(32)22-16(3)28-26-30(23(22)18-9-11-19(12-10-18)29(4)5)24(31)21(34-26)14-17-8-7-15(2)20(27)13-17/h7-14,23H,6H2,1-5H3/b21-14-/t23-/m0/s1. The summed E-state index contributed by atoms with van der Waals surface area (Å²) in [6.07, 6.45) is 1.86. The van der Waals surface area contributed by atoms with Gasteiger partial charge in [0.1, 0.15) is 0 Å². The van der Waals surface area contributed by atoms with Gasteiger partial charge in [0.15, 0.2) is 4.80 Å². The first kappa shape index (κ1) is 24.2. The van der Waals surface area contributed by atoms with Crippen LogP contribution in [0.2, 0.25) is 0 Å². The number of esters is 1. The number of rotatable bonds is 5. The number of thiazole rings is 1. The number of aromatic nitrogens is 1. The zero-order valence-electron chi connectivity index (χ0n) is 19.8. The highest BCUT2D eigenvalue weighted by Gasteiger charge is 2.33. The molecule has 0 N–H and O–H groups in total. The van der Waals surface area contributed by atoms with Crippen molar-refractivity contribution in [1.82, 2.24) is 4.57 Å². The van der Waals surface area contributed by atoms with Gasteiger partial charge in [0.05, 0.1) is 28.5 Å². The fourth-order valence-electron chi connectivity index (χ4n) is 3.91. The molecule has 1 aromatic heterocycles. The van der Waals surface area contributed by atoms with Gasteiger partial charge in [-0.25, -0.2) is 9.79 Å². The number of ether oxygens (including phenoxy) is 1. The number of carbonyl (C=O) groups excluding carboxylic acids is 1. The lowest BCUT2D eigenvalue weighted by Crippen LogP contribution is -2.39. The maximum Gasteiger partial charge on any atom is 0.338 e. The van der Waals surface area contributed by atoms with Gasteiger partial charge >= 0.3 is 5.97 Å². The van der Waals surface area contributed by atoms with Crippen molar-refractivity contribution in [3.8, 4) is 0 Å². The molecule has 1 aliphatic heterocycles. The van der Waals surface area contributed by atoms with E-state index in [9.17, 15) is 9.59 Å². The molecule has 1 atom stereocenters. The van der Waals surface area contributed by atoms with Crippen LogP contribution in [-0.2, 0) is 9.53 Å². The third kappa shape index (κ3) is 4.52. The maximum atomic E-state index is 13.6. The minimum absolute atomic E-state index is 0.184. The van der Waals surface area contributed by atoms with Crippen molar-refractivity contribution in [2.75, 3.05) is 25.6 Å². The van der Waals surface area contributed by atoms with E-state index in [0.29, 0.717) is 20.6 Å². The highest BCUT2D eigenvalue weighted by Crippen LogP contribution is 2.31. The summed E-state index contributed by atoms with van der Waals surface area (Å²) in [6, 6.07) is 13.2. The smallest absolute Gasteiger partial charge is 0.338 e. The number of benzene rings is 2. The molecular weight excluding hydrogens is 514 g/mol. The second kappa shape index (κ2) is 9.72. The Labute approximate surface area is 210 Å². The SMILES string of the molecule is CCOC(=O)C1=C(C)N=c2s/c(=C\c3ccc(C)c(Br)c3)c(=O)n2[C@H]1c1ccc(N(C)C)cc1. The summed E-state index contributed by atoms with van der Waals surface area (Å²) in [4.78, 5) is 33.8. The molecule has 0 saturated heterocycles. The molecule has 0 bridgehead atoms. The van der Waals surface area contributed by atoms with Crippen molar-refractivity contribution in [2.45, 2.75) is 26.8 Å². The van der Waals surface area contributed by atoms with Crippen molar-refractivity contribution in [3.05, 3.63) is 94.6 Å². The number of aryl methyl sites for hydroxylation is 1. The third-order valence-electron chi connectivity index (χ3n) is 5.74. The molecule has 2 aromatic carbocycles. The van der Waals surface area contributed by atoms with Crippen molar-refractivity contribution in [3.63, 3.8) is 0 Å². The van der Waals surface area contributed by atoms with E-state index in [-0.39, 0.29) is 12.2 Å². The van der Waals surface area contributed by atoms with Crippen LogP contribution in [0.3, 0.4) is 0 Å². The summed E-state index contributed by atoms with van der Waals surface area (Å²) in [5, 5.41) is 0. The fraction of sp³-hybridized carbons (Fsp3) is 0.269. The second-order valence-corrected chi connectivity index (χ2v) is 10.2. The van der Waals surface area contributed by atoms with Crippen molar-refractivity contribution in [2.24, 2.45) is 4.99 Å². The van der Waals surface area contributed by atoms with Gasteiger partial charge in [-0.15, -0.1) is 0 Å². The highest BCUT2D eigenvalue weighted by atomic mass is 79.9. The highest BCUT2D eigenvalue weighted by molar-refractivity contribution is 9.10. The molecule has 4 rings (SSSR count). The monoisotopic (exact) mass is 539 g/mol. The largest absolute Gasteiger partial charge is 0.463 e. The van der Waals surface area contributed by atoms with Crippen LogP contribution in [0.25, 0.3) is 6.08 Å². The Hall–Kier alpha value is -2.97. The Morgan fingerprint density at radius 2 is 1.91 bits per heavy atom. The molecular formula is C26H26BrN3O3S. The van der Waals surface area contributed by atoms with E-state index in [0.717, 1.165) is 26.9 Å². The second-order valence-electron chi connectivity index (χ2n) is 8.30. The van der Waals surface area contributed by atoms with E-state index in [1.807, 2.05) is 74.5 Å². The number of allylic oxidation sites excluding steroid dienone is 1. The van der Waals surface area contributed by atoms with E-state index >= 15 is 0 Å². The third-order valence-corrected chi connectivity index (χ3v) is 7.57. The molecule has 0 aliphatic carbocycles. The predicted molar refractivity (Wildman–Crippen MR) is 140 cm³/mol. The van der Waals surface area contributed by atoms with E-state index < -0.39 is 12.0 Å². The van der Waals surface area contributed by atoms with Crippen LogP contribution in [0, 0.1) is 6.92 Å². The van der Waals surface area contributed by atoms with Gasteiger partial charge in [-0.05, 0) is 61.7 Å². The maximum absolute atomic E-state index is 13.6. The van der Waals surface area contributed by atoms with E-state index in [2.05, 4.69) is 20.9 Å². The normalized spacial score (nSPS) is 15.7. The fourth-order valence-corrected chi connectivity index (χ4v) is 5.36. The summed E-state index contributed by atoms with van der Waals surface area (Å²) >= 11 is 4.88. The van der Waals surface area contributed by atoms with Gasteiger partial charge in [0, 0.05) is 24.3 Å². The van der Waals surface area contributed by atoms with Crippen molar-refractivity contribution in [1.29, 1.82) is 0 Å². The first-order chi connectivity index (χ1) is 16.2. The minimum atomic E-state index is -0.613. The summed E-state index contributed by atoms with van der Waals surface area (Å²) in [6.45, 7) is 5.82. The number of hydrogen-bond acceptors (Lipinski definition) is 6. The lowest BCUT2D eigenvalue weighted by Gasteiger charge is -2.25. The topological polar surface area (TPSA) is 63.9 Å². The number of fused-ring (bicyclic) bond motifs is 1. The summed E-state index contributed by atoms with van der Waals surface area (Å²) in [5.41, 5.74) is 4.65. The van der Waals surface area contributed by atoms with E-state index in [4.69, 9.17) is 4.74 Å². The van der Waals surface area contributed by atoms with Crippen LogP contribution in [-0.4, -0.2) is 31.2 Å². The molecule has 2 heterocycles. The first-order valence-electron chi connectivity index (χ1n) is 10.9. The number of hydrogen-bond donors (Lipinski definition) is 0. The number of carbonyl (C=O) groups is 1. The van der Waals surface area contributed by atoms with E-state index in [1.54, 1.807) is 18.4 Å². The lowest BCUT2D eigenvalue weighted by atomic mass is 9.95. The van der Waals surface area contributed by atoms with Gasteiger partial charge in [0.25, 0.3) is 5.56 Å². The molecule has 0 amide bonds. The molecule has 0 unspecified atom stereocenters. The Bertz CT molecular complexity index is 1470. The average Bonchev–Trinajstić information content (AvgIpc) is 3.10. The number of anilines is 1. The van der Waals surface area contributed by atoms with E-state index in [1.165, 1.54) is 11.3 Å². The number of nitrogens with zero attached hydrogens (tertiary/aromatic N) is 3. The van der Waals surface area contributed by atoms with Crippen LogP contribution >= 0.6 is 27.3 Å². The van der Waals surface area contributed by atoms with Crippen molar-refractivity contribution >= 4 is 45.0 Å². The molecule has 0 fully saturated rings. The molecule has 176 valence electrons. The molecule has 34 heavy (non-hydrogen) atoms. The van der Waals surface area contributed by atoms with Crippen LogP contribution in [0.4, 0.5) is 5.69 Å². The molecule has 1 aliphatic rings. The zero-order valence-corrected chi connectivity index (χ0v) is 22.2. The van der Waals surface area contributed by atoms with Gasteiger partial charge in [-0.3, -0.25) is 9.36 Å². The Balaban J connectivity index is 1.93. The lowest BCUT2D eigenvalue weighted by molar-refractivity contribution is -0.139. The quantitative estimate of drug-likeness (QED) is 0.460. The van der Waals surface area contributed by atoms with Crippen LogP contribution < -0.4 is 19.8 Å². The summed E-state index contributed by atoms with van der Waals surface area (Å²) in [5.74, 6) is -0.456. The molecule has 3 aromatic rings. The van der Waals surface area contributed by atoms with Gasteiger partial charge in [-0.1, -0.05) is 51.5 Å². The summed E-state index contributed by atoms with van der Waals surface area (Å²) in [7, 11) is 3.94. The predicted octanol–water partition coefficient (Wildman–Crippen LogP) is 3.94. The van der Waals surface area contributed by atoms with Gasteiger partial charge < -0.3 is 9.64 Å². The molecule has 0 saturated carbocycles. The Morgan fingerprint density at radius 3 is 2.53 bits per heavy atom. The number of halogens is 1. The molecule has 8 heteroatoms. The molecule has 0 spiro atoms. The summed E-state index contributed by atoms with van der Waals surface area (Å²) < 4.78 is 8.51. The van der Waals surface area contributed by atoms with Crippen LogP contribution in [0.15, 0.2) is 68.0 Å². The van der Waals surface area contributed by atoms with Crippen LogP contribution in [0.1, 0.15) is 36.6 Å². The minimum Gasteiger partial charge on any atom is -0.463 e. The van der Waals surface area contributed by atoms with Gasteiger partial charge in [-0.2, -0.15) is 0 Å². The Morgan fingerprint density at radius 1 is 1.21 bits per heavy atom. The zero-order chi connectivity index (χ0) is 24.6. The first-order valence-corrected chi connectivity index (χ1v) is 12.5. The van der Waals surface area contributed by atoms with Crippen molar-refractivity contribution < 1.29 is 9.53 Å². The van der Waals surface area contributed by atoms with Gasteiger partial charge in [0.2, 0.25) is 0 Å². The van der Waals surface area contributed by atoms with Crippen LogP contribution in [0.5, 0.6) is 0 Å². The average molecular weight is 540 g/mol. The Kier molecular flexibility index (Phi) is 6.91. The molecule has 0 radical (unpaired) electrons.